The van der Waals surface area contributed by atoms with Gasteiger partial charge in [-0.15, -0.1) is 11.3 Å². The molecule has 0 saturated heterocycles. The SMILES string of the molecule is CCc1ccc(C(=O)CCC(=O)NCc2ccc(Br)s2)cc1. The molecular formula is C17H18BrNO2S. The number of ketones is 1. The largest absolute Gasteiger partial charge is 0.351 e. The van der Waals surface area contributed by atoms with E-state index in [1.165, 1.54) is 5.56 Å². The maximum atomic E-state index is 12.0. The fourth-order valence-electron chi connectivity index (χ4n) is 2.02. The molecule has 1 aromatic heterocycles. The lowest BCUT2D eigenvalue weighted by Crippen LogP contribution is -2.22. The lowest BCUT2D eigenvalue weighted by molar-refractivity contribution is -0.121. The van der Waals surface area contributed by atoms with Crippen molar-refractivity contribution in [3.05, 3.63) is 56.2 Å². The lowest BCUT2D eigenvalue weighted by Gasteiger charge is -2.04. The molecule has 0 bridgehead atoms. The molecule has 2 rings (SSSR count). The van der Waals surface area contributed by atoms with Crippen molar-refractivity contribution in [2.75, 3.05) is 0 Å². The Morgan fingerprint density at radius 3 is 2.41 bits per heavy atom. The van der Waals surface area contributed by atoms with Gasteiger partial charge in [0.2, 0.25) is 5.91 Å². The predicted molar refractivity (Wildman–Crippen MR) is 93.3 cm³/mol. The van der Waals surface area contributed by atoms with Gasteiger partial charge in [0.1, 0.15) is 0 Å². The molecule has 2 aromatic rings. The van der Waals surface area contributed by atoms with E-state index in [9.17, 15) is 9.59 Å². The summed E-state index contributed by atoms with van der Waals surface area (Å²) in [6.07, 6.45) is 1.42. The monoisotopic (exact) mass is 379 g/mol. The maximum Gasteiger partial charge on any atom is 0.220 e. The first-order valence-corrected chi connectivity index (χ1v) is 8.82. The summed E-state index contributed by atoms with van der Waals surface area (Å²) in [5.74, 6) is -0.0836. The Morgan fingerprint density at radius 2 is 1.82 bits per heavy atom. The van der Waals surface area contributed by atoms with E-state index in [0.717, 1.165) is 15.1 Å². The van der Waals surface area contributed by atoms with Crippen LogP contribution in [-0.2, 0) is 17.8 Å². The van der Waals surface area contributed by atoms with Crippen LogP contribution in [0.2, 0.25) is 0 Å². The number of halogens is 1. The molecule has 1 aromatic carbocycles. The number of benzene rings is 1. The van der Waals surface area contributed by atoms with Crippen LogP contribution in [0.4, 0.5) is 0 Å². The first-order chi connectivity index (χ1) is 10.6. The number of aryl methyl sites for hydroxylation is 1. The molecule has 22 heavy (non-hydrogen) atoms. The summed E-state index contributed by atoms with van der Waals surface area (Å²) in [4.78, 5) is 24.9. The van der Waals surface area contributed by atoms with Gasteiger partial charge >= 0.3 is 0 Å². The minimum Gasteiger partial charge on any atom is -0.351 e. The number of carbonyl (C=O) groups is 2. The number of amides is 1. The van der Waals surface area contributed by atoms with Crippen molar-refractivity contribution in [1.82, 2.24) is 5.32 Å². The number of carbonyl (C=O) groups excluding carboxylic acids is 2. The van der Waals surface area contributed by atoms with Gasteiger partial charge in [0.15, 0.2) is 5.78 Å². The minimum absolute atomic E-state index is 0.0108. The van der Waals surface area contributed by atoms with E-state index >= 15 is 0 Å². The van der Waals surface area contributed by atoms with Gasteiger partial charge in [-0.2, -0.15) is 0 Å². The van der Waals surface area contributed by atoms with Crippen LogP contribution in [0.1, 0.15) is 40.6 Å². The van der Waals surface area contributed by atoms with Crippen molar-refractivity contribution in [3.8, 4) is 0 Å². The molecule has 3 nitrogen and oxygen atoms in total. The summed E-state index contributed by atoms with van der Waals surface area (Å²) < 4.78 is 1.04. The van der Waals surface area contributed by atoms with Crippen LogP contribution in [0.3, 0.4) is 0 Å². The van der Waals surface area contributed by atoms with Crippen LogP contribution < -0.4 is 5.32 Å². The van der Waals surface area contributed by atoms with Crippen molar-refractivity contribution >= 4 is 39.0 Å². The number of rotatable bonds is 7. The molecule has 0 unspecified atom stereocenters. The van der Waals surface area contributed by atoms with Gasteiger partial charge in [0.05, 0.1) is 10.3 Å². The fourth-order valence-corrected chi connectivity index (χ4v) is 3.44. The Kier molecular flexibility index (Phi) is 6.34. The average molecular weight is 380 g/mol. The molecule has 0 aliphatic carbocycles. The molecule has 1 heterocycles. The molecule has 0 spiro atoms. The van der Waals surface area contributed by atoms with Gasteiger partial charge in [-0.05, 0) is 40.0 Å². The topological polar surface area (TPSA) is 46.2 Å². The van der Waals surface area contributed by atoms with Crippen molar-refractivity contribution in [2.45, 2.75) is 32.7 Å². The van der Waals surface area contributed by atoms with Gasteiger partial charge < -0.3 is 5.32 Å². The molecule has 0 fully saturated rings. The zero-order valence-electron chi connectivity index (χ0n) is 12.4. The van der Waals surface area contributed by atoms with Crippen LogP contribution in [-0.4, -0.2) is 11.7 Å². The van der Waals surface area contributed by atoms with Gasteiger partial charge in [-0.3, -0.25) is 9.59 Å². The second-order valence-electron chi connectivity index (χ2n) is 4.96. The normalized spacial score (nSPS) is 10.5. The van der Waals surface area contributed by atoms with E-state index in [2.05, 4.69) is 28.2 Å². The van der Waals surface area contributed by atoms with Crippen molar-refractivity contribution in [2.24, 2.45) is 0 Å². The third-order valence-electron chi connectivity index (χ3n) is 3.35. The molecule has 116 valence electrons. The Labute approximate surface area is 142 Å². The highest BCUT2D eigenvalue weighted by Gasteiger charge is 2.09. The van der Waals surface area contributed by atoms with Crippen LogP contribution in [0.15, 0.2) is 40.2 Å². The third-order valence-corrected chi connectivity index (χ3v) is 4.98. The fraction of sp³-hybridized carbons (Fsp3) is 0.294. The van der Waals surface area contributed by atoms with Crippen LogP contribution in [0, 0.1) is 0 Å². The van der Waals surface area contributed by atoms with E-state index in [1.54, 1.807) is 11.3 Å². The summed E-state index contributed by atoms with van der Waals surface area (Å²) in [5, 5.41) is 2.84. The van der Waals surface area contributed by atoms with Crippen LogP contribution >= 0.6 is 27.3 Å². The summed E-state index contributed by atoms with van der Waals surface area (Å²) in [6.45, 7) is 2.59. The predicted octanol–water partition coefficient (Wildman–Crippen LogP) is 4.35. The highest BCUT2D eigenvalue weighted by atomic mass is 79.9. The van der Waals surface area contributed by atoms with Crippen LogP contribution in [0.25, 0.3) is 0 Å². The third kappa shape index (κ3) is 5.07. The molecule has 0 aliphatic rings. The summed E-state index contributed by atoms with van der Waals surface area (Å²) in [5.41, 5.74) is 1.88. The molecule has 5 heteroatoms. The average Bonchev–Trinajstić information content (AvgIpc) is 2.96. The zero-order valence-corrected chi connectivity index (χ0v) is 14.8. The first kappa shape index (κ1) is 16.9. The molecule has 0 aliphatic heterocycles. The standard InChI is InChI=1S/C17H18BrNO2S/c1-2-12-3-5-13(6-4-12)15(20)8-10-17(21)19-11-14-7-9-16(18)22-14/h3-7,9H,2,8,10-11H2,1H3,(H,19,21). The molecular weight excluding hydrogens is 362 g/mol. The first-order valence-electron chi connectivity index (χ1n) is 7.21. The Bertz CT molecular complexity index is 649. The maximum absolute atomic E-state index is 12.0. The summed E-state index contributed by atoms with van der Waals surface area (Å²) in [6, 6.07) is 11.5. The molecule has 0 saturated carbocycles. The van der Waals surface area contributed by atoms with Crippen molar-refractivity contribution < 1.29 is 9.59 Å². The van der Waals surface area contributed by atoms with Gasteiger partial charge in [-0.1, -0.05) is 31.2 Å². The number of hydrogen-bond acceptors (Lipinski definition) is 3. The van der Waals surface area contributed by atoms with E-state index in [1.807, 2.05) is 36.4 Å². The molecule has 0 radical (unpaired) electrons. The Balaban J connectivity index is 1.76. The highest BCUT2D eigenvalue weighted by Crippen LogP contribution is 2.21. The number of Topliss-reactive ketones (excluding diaryl/α,β-unsaturated/α-hetero) is 1. The van der Waals surface area contributed by atoms with Crippen molar-refractivity contribution in [1.29, 1.82) is 0 Å². The van der Waals surface area contributed by atoms with Crippen molar-refractivity contribution in [3.63, 3.8) is 0 Å². The summed E-state index contributed by atoms with van der Waals surface area (Å²) in [7, 11) is 0. The zero-order chi connectivity index (χ0) is 15.9. The second-order valence-corrected chi connectivity index (χ2v) is 7.50. The lowest BCUT2D eigenvalue weighted by atomic mass is 10.0. The Hall–Kier alpha value is -1.46. The van der Waals surface area contributed by atoms with Crippen LogP contribution in [0.5, 0.6) is 0 Å². The number of nitrogens with one attached hydrogen (secondary N) is 1. The second kappa shape index (κ2) is 8.25. The van der Waals surface area contributed by atoms with Gasteiger partial charge in [0.25, 0.3) is 0 Å². The molecule has 0 atom stereocenters. The molecule has 1 amide bonds. The van der Waals surface area contributed by atoms with E-state index < -0.39 is 0 Å². The minimum atomic E-state index is -0.0944. The highest BCUT2D eigenvalue weighted by molar-refractivity contribution is 9.11. The van der Waals surface area contributed by atoms with E-state index in [-0.39, 0.29) is 24.5 Å². The Morgan fingerprint density at radius 1 is 1.09 bits per heavy atom. The number of hydrogen-bond donors (Lipinski definition) is 1. The summed E-state index contributed by atoms with van der Waals surface area (Å²) >= 11 is 4.98. The van der Waals surface area contributed by atoms with Gasteiger partial charge in [0, 0.05) is 23.3 Å². The van der Waals surface area contributed by atoms with E-state index in [4.69, 9.17) is 0 Å². The number of thiophene rings is 1. The van der Waals surface area contributed by atoms with Gasteiger partial charge in [-0.25, -0.2) is 0 Å². The molecule has 1 N–H and O–H groups in total. The quantitative estimate of drug-likeness (QED) is 0.726. The smallest absolute Gasteiger partial charge is 0.220 e. The van der Waals surface area contributed by atoms with E-state index in [0.29, 0.717) is 12.1 Å².